The van der Waals surface area contributed by atoms with Crippen molar-refractivity contribution in [1.29, 1.82) is 0 Å². The van der Waals surface area contributed by atoms with Crippen LogP contribution in [0.15, 0.2) is 48.5 Å². The van der Waals surface area contributed by atoms with E-state index >= 15 is 0 Å². The molecule has 2 aromatic carbocycles. The fourth-order valence-corrected chi connectivity index (χ4v) is 3.25. The van der Waals surface area contributed by atoms with E-state index in [1.807, 2.05) is 24.3 Å². The molecule has 0 saturated carbocycles. The summed E-state index contributed by atoms with van der Waals surface area (Å²) >= 11 is 0. The van der Waals surface area contributed by atoms with Crippen LogP contribution in [-0.4, -0.2) is 22.1 Å². The number of halogens is 1. The standard InChI is InChI=1S/C16H18FNO3S/c1-21-16-5-3-2-4-14(16)10-11-18-22(19,20)12-13-6-8-15(17)9-7-13/h2-9,18H,10-12H2,1H3. The number of sulfonamides is 1. The smallest absolute Gasteiger partial charge is 0.215 e. The van der Waals surface area contributed by atoms with Crippen LogP contribution < -0.4 is 9.46 Å². The highest BCUT2D eigenvalue weighted by Gasteiger charge is 2.11. The second-order valence-corrected chi connectivity index (χ2v) is 6.65. The number of hydrogen-bond donors (Lipinski definition) is 1. The molecule has 6 heteroatoms. The van der Waals surface area contributed by atoms with E-state index in [0.717, 1.165) is 11.3 Å². The zero-order chi connectivity index (χ0) is 16.0. The third-order valence-electron chi connectivity index (χ3n) is 3.18. The van der Waals surface area contributed by atoms with E-state index in [-0.39, 0.29) is 18.1 Å². The van der Waals surface area contributed by atoms with Crippen LogP contribution in [0.5, 0.6) is 5.75 Å². The molecule has 118 valence electrons. The van der Waals surface area contributed by atoms with Crippen LogP contribution in [0, 0.1) is 5.82 Å². The molecule has 0 aliphatic heterocycles. The van der Waals surface area contributed by atoms with E-state index in [2.05, 4.69) is 4.72 Å². The molecule has 0 fully saturated rings. The Morgan fingerprint density at radius 1 is 1.09 bits per heavy atom. The van der Waals surface area contributed by atoms with Gasteiger partial charge in [-0.2, -0.15) is 0 Å². The highest BCUT2D eigenvalue weighted by molar-refractivity contribution is 7.88. The second-order valence-electron chi connectivity index (χ2n) is 4.84. The van der Waals surface area contributed by atoms with Gasteiger partial charge in [0.2, 0.25) is 10.0 Å². The largest absolute Gasteiger partial charge is 0.496 e. The molecule has 0 aromatic heterocycles. The van der Waals surface area contributed by atoms with Gasteiger partial charge in [-0.1, -0.05) is 30.3 Å². The number of nitrogens with one attached hydrogen (secondary N) is 1. The van der Waals surface area contributed by atoms with Gasteiger partial charge in [-0.05, 0) is 35.7 Å². The topological polar surface area (TPSA) is 55.4 Å². The van der Waals surface area contributed by atoms with Crippen molar-refractivity contribution in [2.45, 2.75) is 12.2 Å². The van der Waals surface area contributed by atoms with Gasteiger partial charge in [-0.15, -0.1) is 0 Å². The molecule has 0 aliphatic carbocycles. The van der Waals surface area contributed by atoms with Gasteiger partial charge in [0.05, 0.1) is 12.9 Å². The average molecular weight is 323 g/mol. The average Bonchev–Trinajstić information content (AvgIpc) is 2.50. The van der Waals surface area contributed by atoms with Crippen molar-refractivity contribution < 1.29 is 17.5 Å². The maximum atomic E-state index is 12.8. The molecule has 2 aromatic rings. The monoisotopic (exact) mass is 323 g/mol. The Morgan fingerprint density at radius 2 is 1.77 bits per heavy atom. The van der Waals surface area contributed by atoms with E-state index in [0.29, 0.717) is 12.0 Å². The summed E-state index contributed by atoms with van der Waals surface area (Å²) in [7, 11) is -1.87. The maximum Gasteiger partial charge on any atom is 0.215 e. The Kier molecular flexibility index (Phi) is 5.51. The van der Waals surface area contributed by atoms with Crippen molar-refractivity contribution in [1.82, 2.24) is 4.72 Å². The molecular formula is C16H18FNO3S. The van der Waals surface area contributed by atoms with Gasteiger partial charge < -0.3 is 4.74 Å². The van der Waals surface area contributed by atoms with Crippen LogP contribution in [0.4, 0.5) is 4.39 Å². The quantitative estimate of drug-likeness (QED) is 0.852. The first-order chi connectivity index (χ1) is 10.5. The number of ether oxygens (including phenoxy) is 1. The summed E-state index contributed by atoms with van der Waals surface area (Å²) < 4.78 is 44.6. The number of rotatable bonds is 7. The molecule has 0 saturated heterocycles. The predicted octanol–water partition coefficient (Wildman–Crippen LogP) is 2.50. The van der Waals surface area contributed by atoms with Crippen LogP contribution in [0.25, 0.3) is 0 Å². The van der Waals surface area contributed by atoms with Crippen molar-refractivity contribution >= 4 is 10.0 Å². The molecule has 0 heterocycles. The van der Waals surface area contributed by atoms with Crippen molar-refractivity contribution in [2.75, 3.05) is 13.7 Å². The summed E-state index contributed by atoms with van der Waals surface area (Å²) in [5, 5.41) is 0. The predicted molar refractivity (Wildman–Crippen MR) is 83.7 cm³/mol. The Bertz CT molecular complexity index is 714. The highest BCUT2D eigenvalue weighted by Crippen LogP contribution is 2.17. The first-order valence-corrected chi connectivity index (χ1v) is 8.49. The van der Waals surface area contributed by atoms with Gasteiger partial charge in [-0.3, -0.25) is 0 Å². The minimum absolute atomic E-state index is 0.167. The Hall–Kier alpha value is -1.92. The lowest BCUT2D eigenvalue weighted by molar-refractivity contribution is 0.409. The summed E-state index contributed by atoms with van der Waals surface area (Å²) in [6.07, 6.45) is 0.534. The molecule has 0 bridgehead atoms. The number of methoxy groups -OCH3 is 1. The van der Waals surface area contributed by atoms with Gasteiger partial charge in [0, 0.05) is 6.54 Å². The lowest BCUT2D eigenvalue weighted by Crippen LogP contribution is -2.27. The molecule has 0 radical (unpaired) electrons. The van der Waals surface area contributed by atoms with E-state index in [1.54, 1.807) is 7.11 Å². The Morgan fingerprint density at radius 3 is 2.45 bits per heavy atom. The third kappa shape index (κ3) is 4.82. The first-order valence-electron chi connectivity index (χ1n) is 6.84. The number of benzene rings is 2. The van der Waals surface area contributed by atoms with Gasteiger partial charge >= 0.3 is 0 Å². The molecule has 0 unspecified atom stereocenters. The van der Waals surface area contributed by atoms with Gasteiger partial charge in [-0.25, -0.2) is 17.5 Å². The fraction of sp³-hybridized carbons (Fsp3) is 0.250. The highest BCUT2D eigenvalue weighted by atomic mass is 32.2. The molecule has 22 heavy (non-hydrogen) atoms. The first kappa shape index (κ1) is 16.5. The van der Waals surface area contributed by atoms with Crippen molar-refractivity contribution in [3.8, 4) is 5.75 Å². The minimum Gasteiger partial charge on any atom is -0.496 e. The zero-order valence-electron chi connectivity index (χ0n) is 12.3. The van der Waals surface area contributed by atoms with E-state index in [1.165, 1.54) is 24.3 Å². The minimum atomic E-state index is -3.45. The summed E-state index contributed by atoms with van der Waals surface area (Å²) in [6.45, 7) is 0.282. The Balaban J connectivity index is 1.91. The second kappa shape index (κ2) is 7.38. The van der Waals surface area contributed by atoms with Crippen LogP contribution in [-0.2, 0) is 22.2 Å². The van der Waals surface area contributed by atoms with Crippen molar-refractivity contribution in [2.24, 2.45) is 0 Å². The lowest BCUT2D eigenvalue weighted by Gasteiger charge is -2.09. The molecule has 0 atom stereocenters. The molecule has 1 N–H and O–H groups in total. The molecule has 0 aliphatic rings. The molecule has 0 amide bonds. The Labute approximate surface area is 130 Å². The van der Waals surface area contributed by atoms with Crippen molar-refractivity contribution in [3.05, 3.63) is 65.5 Å². The van der Waals surface area contributed by atoms with Crippen LogP contribution in [0.2, 0.25) is 0 Å². The van der Waals surface area contributed by atoms with Crippen LogP contribution in [0.1, 0.15) is 11.1 Å². The van der Waals surface area contributed by atoms with Crippen LogP contribution >= 0.6 is 0 Å². The molecule has 2 rings (SSSR count). The van der Waals surface area contributed by atoms with E-state index < -0.39 is 10.0 Å². The fourth-order valence-electron chi connectivity index (χ4n) is 2.10. The lowest BCUT2D eigenvalue weighted by atomic mass is 10.1. The molecule has 4 nitrogen and oxygen atoms in total. The van der Waals surface area contributed by atoms with Gasteiger partial charge in [0.25, 0.3) is 0 Å². The summed E-state index contributed by atoms with van der Waals surface area (Å²) in [4.78, 5) is 0. The SMILES string of the molecule is COc1ccccc1CCNS(=O)(=O)Cc1ccc(F)cc1. The molecular weight excluding hydrogens is 305 g/mol. The van der Waals surface area contributed by atoms with Gasteiger partial charge in [0.15, 0.2) is 0 Å². The van der Waals surface area contributed by atoms with Crippen LogP contribution in [0.3, 0.4) is 0 Å². The van der Waals surface area contributed by atoms with E-state index in [4.69, 9.17) is 4.74 Å². The summed E-state index contributed by atoms with van der Waals surface area (Å²) in [6, 6.07) is 12.9. The summed E-state index contributed by atoms with van der Waals surface area (Å²) in [5.41, 5.74) is 1.49. The van der Waals surface area contributed by atoms with Gasteiger partial charge in [0.1, 0.15) is 11.6 Å². The molecule has 0 spiro atoms. The maximum absolute atomic E-state index is 12.8. The number of para-hydroxylation sites is 1. The summed E-state index contributed by atoms with van der Waals surface area (Å²) in [5.74, 6) is 0.185. The number of hydrogen-bond acceptors (Lipinski definition) is 3. The normalized spacial score (nSPS) is 11.4. The third-order valence-corrected chi connectivity index (χ3v) is 4.54. The van der Waals surface area contributed by atoms with E-state index in [9.17, 15) is 12.8 Å². The zero-order valence-corrected chi connectivity index (χ0v) is 13.1. The van der Waals surface area contributed by atoms with Crippen molar-refractivity contribution in [3.63, 3.8) is 0 Å².